The molecule has 2 N–H and O–H groups in total. The Bertz CT molecular complexity index is 1050. The number of fused-ring (bicyclic) bond motifs is 1. The second-order valence-electron chi connectivity index (χ2n) is 5.31. The van der Waals surface area contributed by atoms with Crippen molar-refractivity contribution < 1.29 is 4.79 Å². The van der Waals surface area contributed by atoms with Gasteiger partial charge in [0.2, 0.25) is 5.91 Å². The average Bonchev–Trinajstić information content (AvgIpc) is 2.96. The van der Waals surface area contributed by atoms with Gasteiger partial charge in [0.1, 0.15) is 6.54 Å². The lowest BCUT2D eigenvalue weighted by Crippen LogP contribution is -2.32. The molecule has 1 amide bonds. The van der Waals surface area contributed by atoms with Crippen molar-refractivity contribution in [1.82, 2.24) is 29.6 Å². The first-order valence-electron chi connectivity index (χ1n) is 7.55. The summed E-state index contributed by atoms with van der Waals surface area (Å²) in [5.74, 6) is 0.323. The maximum atomic E-state index is 12.5. The predicted molar refractivity (Wildman–Crippen MR) is 98.6 cm³/mol. The number of H-pyrrole nitrogens is 1. The van der Waals surface area contributed by atoms with E-state index in [1.165, 1.54) is 10.9 Å². The Balaban J connectivity index is 1.75. The Hall–Kier alpha value is -2.33. The van der Waals surface area contributed by atoms with E-state index in [1.54, 1.807) is 16.7 Å². The van der Waals surface area contributed by atoms with E-state index in [4.69, 9.17) is 12.2 Å². The van der Waals surface area contributed by atoms with Crippen LogP contribution in [0.5, 0.6) is 0 Å². The number of benzene rings is 1. The first kappa shape index (κ1) is 17.5. The lowest BCUT2D eigenvalue weighted by Gasteiger charge is -2.08. The summed E-state index contributed by atoms with van der Waals surface area (Å²) in [6.45, 7) is 2.70. The van der Waals surface area contributed by atoms with Gasteiger partial charge in [0, 0.05) is 11.0 Å². The predicted octanol–water partition coefficient (Wildman–Crippen LogP) is 1.75. The molecule has 2 aromatic heterocycles. The third-order valence-corrected chi connectivity index (χ3v) is 4.50. The van der Waals surface area contributed by atoms with Gasteiger partial charge in [-0.3, -0.25) is 19.3 Å². The summed E-state index contributed by atoms with van der Waals surface area (Å²) >= 11 is 8.44. The second-order valence-corrected chi connectivity index (χ2v) is 6.61. The van der Waals surface area contributed by atoms with E-state index in [-0.39, 0.29) is 24.6 Å². The minimum Gasteiger partial charge on any atom is -0.347 e. The fraction of sp³-hybridized carbons (Fsp3) is 0.267. The van der Waals surface area contributed by atoms with E-state index >= 15 is 0 Å². The van der Waals surface area contributed by atoms with E-state index < -0.39 is 0 Å². The van der Waals surface area contributed by atoms with Crippen molar-refractivity contribution in [3.63, 3.8) is 0 Å². The molecular formula is C15H15BrN6O2S. The maximum absolute atomic E-state index is 12.5. The normalized spacial score (nSPS) is 11.0. The van der Waals surface area contributed by atoms with Gasteiger partial charge in [-0.2, -0.15) is 5.10 Å². The number of aromatic amines is 1. The van der Waals surface area contributed by atoms with E-state index in [0.29, 0.717) is 28.0 Å². The van der Waals surface area contributed by atoms with E-state index in [2.05, 4.69) is 36.4 Å². The van der Waals surface area contributed by atoms with Crippen molar-refractivity contribution in [2.24, 2.45) is 0 Å². The smallest absolute Gasteiger partial charge is 0.261 e. The molecule has 0 saturated carbocycles. The molecule has 0 saturated heterocycles. The van der Waals surface area contributed by atoms with Gasteiger partial charge in [-0.25, -0.2) is 4.98 Å². The van der Waals surface area contributed by atoms with Crippen molar-refractivity contribution >= 4 is 45.0 Å². The van der Waals surface area contributed by atoms with E-state index in [1.807, 2.05) is 13.0 Å². The molecule has 0 atom stereocenters. The minimum atomic E-state index is -0.310. The molecule has 2 heterocycles. The third kappa shape index (κ3) is 3.69. The van der Waals surface area contributed by atoms with E-state index in [9.17, 15) is 9.59 Å². The van der Waals surface area contributed by atoms with E-state index in [0.717, 1.165) is 4.47 Å². The van der Waals surface area contributed by atoms with Crippen LogP contribution in [0.15, 0.2) is 33.8 Å². The van der Waals surface area contributed by atoms with Gasteiger partial charge in [-0.15, -0.1) is 0 Å². The number of aromatic nitrogens is 5. The first-order chi connectivity index (χ1) is 12.0. The van der Waals surface area contributed by atoms with Crippen molar-refractivity contribution in [3.8, 4) is 0 Å². The van der Waals surface area contributed by atoms with Crippen LogP contribution in [0, 0.1) is 4.77 Å². The van der Waals surface area contributed by atoms with Crippen LogP contribution in [0.4, 0.5) is 0 Å². The molecule has 8 nitrogen and oxygen atoms in total. The lowest BCUT2D eigenvalue weighted by molar-refractivity contribution is -0.121. The maximum Gasteiger partial charge on any atom is 0.261 e. The summed E-state index contributed by atoms with van der Waals surface area (Å²) < 4.78 is 4.36. The molecule has 3 rings (SSSR count). The molecule has 0 aliphatic heterocycles. The number of carbonyl (C=O) groups is 1. The first-order valence-corrected chi connectivity index (χ1v) is 8.75. The highest BCUT2D eigenvalue weighted by Crippen LogP contribution is 2.14. The third-order valence-electron chi connectivity index (χ3n) is 3.70. The Morgan fingerprint density at radius 3 is 3.00 bits per heavy atom. The zero-order valence-corrected chi connectivity index (χ0v) is 15.7. The SMILES string of the molecule is CCn1c(CNC(=O)Cn2cnc3ccc(Br)cc3c2=O)n[nH]c1=S. The minimum absolute atomic E-state index is 0.119. The van der Waals surface area contributed by atoms with Crippen LogP contribution in [-0.2, 0) is 24.4 Å². The number of nitrogens with one attached hydrogen (secondary N) is 2. The zero-order valence-electron chi connectivity index (χ0n) is 13.3. The monoisotopic (exact) mass is 422 g/mol. The molecule has 0 radical (unpaired) electrons. The highest BCUT2D eigenvalue weighted by Gasteiger charge is 2.10. The van der Waals surface area contributed by atoms with Gasteiger partial charge in [0.15, 0.2) is 10.6 Å². The lowest BCUT2D eigenvalue weighted by atomic mass is 10.2. The van der Waals surface area contributed by atoms with Crippen LogP contribution in [0.1, 0.15) is 12.7 Å². The van der Waals surface area contributed by atoms with Crippen LogP contribution in [0.25, 0.3) is 10.9 Å². The Labute approximate surface area is 156 Å². The van der Waals surface area contributed by atoms with Crippen molar-refractivity contribution in [3.05, 3.63) is 49.9 Å². The highest BCUT2D eigenvalue weighted by atomic mass is 79.9. The van der Waals surface area contributed by atoms with Crippen molar-refractivity contribution in [2.75, 3.05) is 0 Å². The second kappa shape index (κ2) is 7.28. The largest absolute Gasteiger partial charge is 0.347 e. The molecule has 0 fully saturated rings. The van der Waals surface area contributed by atoms with Crippen LogP contribution >= 0.6 is 28.1 Å². The number of nitrogens with zero attached hydrogens (tertiary/aromatic N) is 4. The number of rotatable bonds is 5. The van der Waals surface area contributed by atoms with Gasteiger partial charge in [0.25, 0.3) is 5.56 Å². The Morgan fingerprint density at radius 2 is 2.24 bits per heavy atom. The van der Waals surface area contributed by atoms with Crippen LogP contribution in [0.2, 0.25) is 0 Å². The van der Waals surface area contributed by atoms with Gasteiger partial charge in [0.05, 0.1) is 23.8 Å². The molecule has 130 valence electrons. The van der Waals surface area contributed by atoms with Gasteiger partial charge >= 0.3 is 0 Å². The summed E-state index contributed by atoms with van der Waals surface area (Å²) in [6.07, 6.45) is 1.38. The molecule has 10 heteroatoms. The zero-order chi connectivity index (χ0) is 18.0. The molecule has 0 unspecified atom stereocenters. The topological polar surface area (TPSA) is 97.6 Å². The van der Waals surface area contributed by atoms with Gasteiger partial charge in [-0.1, -0.05) is 15.9 Å². The van der Waals surface area contributed by atoms with Crippen molar-refractivity contribution in [2.45, 2.75) is 26.6 Å². The summed E-state index contributed by atoms with van der Waals surface area (Å²) in [5.41, 5.74) is 0.320. The van der Waals surface area contributed by atoms with Gasteiger partial charge in [-0.05, 0) is 37.3 Å². The molecular weight excluding hydrogens is 408 g/mol. The fourth-order valence-corrected chi connectivity index (χ4v) is 3.08. The van der Waals surface area contributed by atoms with Gasteiger partial charge < -0.3 is 9.88 Å². The number of carbonyl (C=O) groups excluding carboxylic acids is 1. The van der Waals surface area contributed by atoms with Crippen LogP contribution in [0.3, 0.4) is 0 Å². The van der Waals surface area contributed by atoms with Crippen LogP contribution < -0.4 is 10.9 Å². The van der Waals surface area contributed by atoms with Crippen LogP contribution in [-0.4, -0.2) is 30.2 Å². The molecule has 0 aliphatic rings. The fourth-order valence-electron chi connectivity index (χ4n) is 2.44. The molecule has 1 aromatic carbocycles. The summed E-state index contributed by atoms with van der Waals surface area (Å²) in [4.78, 5) is 28.9. The molecule has 0 spiro atoms. The molecule has 3 aromatic rings. The number of amides is 1. The Kier molecular flexibility index (Phi) is 5.09. The summed E-state index contributed by atoms with van der Waals surface area (Å²) in [6, 6.07) is 5.25. The average molecular weight is 423 g/mol. The summed E-state index contributed by atoms with van der Waals surface area (Å²) in [5, 5.41) is 9.96. The molecule has 25 heavy (non-hydrogen) atoms. The summed E-state index contributed by atoms with van der Waals surface area (Å²) in [7, 11) is 0. The Morgan fingerprint density at radius 1 is 1.44 bits per heavy atom. The highest BCUT2D eigenvalue weighted by molar-refractivity contribution is 9.10. The molecule has 0 aliphatic carbocycles. The van der Waals surface area contributed by atoms with Crippen molar-refractivity contribution in [1.29, 1.82) is 0 Å². The standard InChI is InChI=1S/C15H15BrN6O2S/c1-2-22-12(19-20-15(22)25)6-17-13(23)7-21-8-18-11-4-3-9(16)5-10(11)14(21)24/h3-5,8H,2,6-7H2,1H3,(H,17,23)(H,20,25). The number of hydrogen-bond donors (Lipinski definition) is 2. The number of halogens is 1. The quantitative estimate of drug-likeness (QED) is 0.610. The number of hydrogen-bond acceptors (Lipinski definition) is 5. The molecule has 0 bridgehead atoms.